The minimum Gasteiger partial charge on any atom is -0.493 e. The van der Waals surface area contributed by atoms with Gasteiger partial charge in [0.25, 0.3) is 5.56 Å². The topological polar surface area (TPSA) is 86.8 Å². The van der Waals surface area contributed by atoms with Gasteiger partial charge in [0.15, 0.2) is 16.7 Å². The molecule has 1 aliphatic rings. The summed E-state index contributed by atoms with van der Waals surface area (Å²) in [4.78, 5) is 32.7. The zero-order chi connectivity index (χ0) is 24.8. The molecule has 0 saturated carbocycles. The average molecular weight is 498 g/mol. The Hall–Kier alpha value is -3.20. The molecule has 0 spiro atoms. The van der Waals surface area contributed by atoms with Gasteiger partial charge in [0, 0.05) is 19.7 Å². The summed E-state index contributed by atoms with van der Waals surface area (Å²) in [5, 5.41) is 0.983. The lowest BCUT2D eigenvalue weighted by Crippen LogP contribution is -2.29. The molecule has 0 aliphatic heterocycles. The zero-order valence-electron chi connectivity index (χ0n) is 20.4. The quantitative estimate of drug-likeness (QED) is 0.229. The first-order chi connectivity index (χ1) is 17.0. The summed E-state index contributed by atoms with van der Waals surface area (Å²) in [6.07, 6.45) is 9.24. The van der Waals surface area contributed by atoms with Gasteiger partial charge in [-0.3, -0.25) is 14.2 Å². The Morgan fingerprint density at radius 2 is 2.03 bits per heavy atom. The number of furan rings is 1. The third-order valence-corrected chi connectivity index (χ3v) is 7.15. The third kappa shape index (κ3) is 5.90. The van der Waals surface area contributed by atoms with E-state index in [9.17, 15) is 9.59 Å². The SMILES string of the molecule is COc1cc2nc(SCC(=O)N(C)Cc3ccco3)n(CCC3=CCCCC3)c(=O)c2cc1OC. The molecule has 9 heteroatoms. The van der Waals surface area contributed by atoms with E-state index in [1.807, 2.05) is 6.07 Å². The molecule has 0 saturated heterocycles. The summed E-state index contributed by atoms with van der Waals surface area (Å²) in [5.41, 5.74) is 1.74. The first-order valence-electron chi connectivity index (χ1n) is 11.7. The van der Waals surface area contributed by atoms with Crippen LogP contribution in [0.1, 0.15) is 37.9 Å². The van der Waals surface area contributed by atoms with E-state index in [2.05, 4.69) is 6.08 Å². The van der Waals surface area contributed by atoms with Crippen molar-refractivity contribution >= 4 is 28.6 Å². The summed E-state index contributed by atoms with van der Waals surface area (Å²) in [6, 6.07) is 7.02. The van der Waals surface area contributed by atoms with Crippen molar-refractivity contribution in [3.63, 3.8) is 0 Å². The number of ether oxygens (including phenoxy) is 2. The third-order valence-electron chi connectivity index (χ3n) is 6.19. The van der Waals surface area contributed by atoms with E-state index >= 15 is 0 Å². The van der Waals surface area contributed by atoms with Crippen LogP contribution in [-0.4, -0.2) is 47.4 Å². The van der Waals surface area contributed by atoms with Gasteiger partial charge in [-0.15, -0.1) is 0 Å². The molecular formula is C26H31N3O5S. The molecule has 2 aromatic heterocycles. The Bertz CT molecular complexity index is 1270. The van der Waals surface area contributed by atoms with Gasteiger partial charge in [0.2, 0.25) is 5.91 Å². The van der Waals surface area contributed by atoms with Crippen molar-refractivity contribution in [2.45, 2.75) is 50.4 Å². The Kier molecular flexibility index (Phi) is 8.17. The molecule has 8 nitrogen and oxygen atoms in total. The van der Waals surface area contributed by atoms with E-state index in [4.69, 9.17) is 18.9 Å². The van der Waals surface area contributed by atoms with Crippen molar-refractivity contribution < 1.29 is 18.7 Å². The lowest BCUT2D eigenvalue weighted by Gasteiger charge is -2.18. The Labute approximate surface area is 208 Å². The van der Waals surface area contributed by atoms with Gasteiger partial charge in [-0.2, -0.15) is 0 Å². The normalized spacial score (nSPS) is 13.5. The maximum absolute atomic E-state index is 13.6. The molecule has 0 unspecified atom stereocenters. The smallest absolute Gasteiger partial charge is 0.262 e. The lowest BCUT2D eigenvalue weighted by atomic mass is 9.97. The van der Waals surface area contributed by atoms with Gasteiger partial charge in [-0.05, 0) is 50.3 Å². The second-order valence-corrected chi connectivity index (χ2v) is 9.49. The number of methoxy groups -OCH3 is 2. The number of amides is 1. The summed E-state index contributed by atoms with van der Waals surface area (Å²) in [5.74, 6) is 1.78. The van der Waals surface area contributed by atoms with Crippen LogP contribution in [0.5, 0.6) is 11.5 Å². The largest absolute Gasteiger partial charge is 0.493 e. The number of nitrogens with zero attached hydrogens (tertiary/aromatic N) is 3. The maximum Gasteiger partial charge on any atom is 0.262 e. The van der Waals surface area contributed by atoms with E-state index < -0.39 is 0 Å². The Morgan fingerprint density at radius 3 is 2.71 bits per heavy atom. The molecule has 0 atom stereocenters. The molecule has 1 aromatic carbocycles. The first kappa shape index (κ1) is 24.9. The number of hydrogen-bond donors (Lipinski definition) is 0. The number of carbonyl (C=O) groups excluding carboxylic acids is 1. The van der Waals surface area contributed by atoms with Crippen LogP contribution in [0.15, 0.2) is 56.5 Å². The van der Waals surface area contributed by atoms with Crippen LogP contribution in [0.3, 0.4) is 0 Å². The predicted molar refractivity (Wildman–Crippen MR) is 136 cm³/mol. The Morgan fingerprint density at radius 1 is 1.23 bits per heavy atom. The van der Waals surface area contributed by atoms with Crippen LogP contribution < -0.4 is 15.0 Å². The second kappa shape index (κ2) is 11.5. The van der Waals surface area contributed by atoms with Gasteiger partial charge in [0.05, 0.1) is 43.7 Å². The Balaban J connectivity index is 1.62. The molecule has 1 amide bonds. The van der Waals surface area contributed by atoms with Gasteiger partial charge in [0.1, 0.15) is 5.76 Å². The van der Waals surface area contributed by atoms with Crippen LogP contribution >= 0.6 is 11.8 Å². The van der Waals surface area contributed by atoms with Crippen LogP contribution in [0.4, 0.5) is 0 Å². The number of thioether (sulfide) groups is 1. The van der Waals surface area contributed by atoms with Crippen molar-refractivity contribution in [2.75, 3.05) is 27.0 Å². The fourth-order valence-corrected chi connectivity index (χ4v) is 5.15. The predicted octanol–water partition coefficient (Wildman–Crippen LogP) is 4.65. The molecular weight excluding hydrogens is 466 g/mol. The minimum atomic E-state index is -0.147. The summed E-state index contributed by atoms with van der Waals surface area (Å²) >= 11 is 1.27. The van der Waals surface area contributed by atoms with Gasteiger partial charge >= 0.3 is 0 Å². The van der Waals surface area contributed by atoms with Gasteiger partial charge in [-0.25, -0.2) is 4.98 Å². The maximum atomic E-state index is 13.6. The second-order valence-electron chi connectivity index (χ2n) is 8.55. The van der Waals surface area contributed by atoms with Gasteiger partial charge < -0.3 is 18.8 Å². The standard InChI is InChI=1S/C26H31N3O5S/c1-28(16-19-10-7-13-34-19)24(30)17-35-26-27-21-15-23(33-3)22(32-2)14-20(21)25(31)29(26)12-11-18-8-5-4-6-9-18/h7-8,10,13-15H,4-6,9,11-12,16-17H2,1-3H3. The molecule has 3 aromatic rings. The van der Waals surface area contributed by atoms with Crippen LogP contribution in [-0.2, 0) is 17.9 Å². The molecule has 186 valence electrons. The van der Waals surface area contributed by atoms with E-state index in [1.165, 1.54) is 30.2 Å². The van der Waals surface area contributed by atoms with Crippen LogP contribution in [0.25, 0.3) is 10.9 Å². The number of hydrogen-bond acceptors (Lipinski definition) is 7. The number of aromatic nitrogens is 2. The number of benzene rings is 1. The summed E-state index contributed by atoms with van der Waals surface area (Å²) < 4.78 is 17.8. The van der Waals surface area contributed by atoms with Crippen molar-refractivity contribution in [1.82, 2.24) is 14.5 Å². The molecule has 35 heavy (non-hydrogen) atoms. The zero-order valence-corrected chi connectivity index (χ0v) is 21.2. The van der Waals surface area contributed by atoms with Crippen LogP contribution in [0, 0.1) is 0 Å². The van der Waals surface area contributed by atoms with E-state index in [0.29, 0.717) is 46.4 Å². The van der Waals surface area contributed by atoms with Gasteiger partial charge in [-0.1, -0.05) is 23.4 Å². The van der Waals surface area contributed by atoms with Crippen molar-refractivity contribution in [1.29, 1.82) is 0 Å². The minimum absolute atomic E-state index is 0.0744. The molecule has 0 fully saturated rings. The highest BCUT2D eigenvalue weighted by molar-refractivity contribution is 7.99. The number of allylic oxidation sites excluding steroid dienone is 2. The summed E-state index contributed by atoms with van der Waals surface area (Å²) in [7, 11) is 4.82. The molecule has 4 rings (SSSR count). The monoisotopic (exact) mass is 497 g/mol. The summed E-state index contributed by atoms with van der Waals surface area (Å²) in [6.45, 7) is 0.899. The van der Waals surface area contributed by atoms with Crippen molar-refractivity contribution in [3.8, 4) is 11.5 Å². The molecule has 0 radical (unpaired) electrons. The van der Waals surface area contributed by atoms with E-state index in [0.717, 1.165) is 19.3 Å². The fourth-order valence-electron chi connectivity index (χ4n) is 4.18. The number of fused-ring (bicyclic) bond motifs is 1. The number of carbonyl (C=O) groups is 1. The van der Waals surface area contributed by atoms with Crippen LogP contribution in [0.2, 0.25) is 0 Å². The van der Waals surface area contributed by atoms with Crippen molar-refractivity contribution in [2.24, 2.45) is 0 Å². The highest BCUT2D eigenvalue weighted by atomic mass is 32.2. The average Bonchev–Trinajstić information content (AvgIpc) is 3.39. The number of rotatable bonds is 10. The highest BCUT2D eigenvalue weighted by Gasteiger charge is 2.18. The fraction of sp³-hybridized carbons (Fsp3) is 0.423. The van der Waals surface area contributed by atoms with Crippen molar-refractivity contribution in [3.05, 3.63) is 58.3 Å². The molecule has 0 bridgehead atoms. The first-order valence-corrected chi connectivity index (χ1v) is 12.7. The molecule has 0 N–H and O–H groups in total. The molecule has 2 heterocycles. The van der Waals surface area contributed by atoms with E-state index in [-0.39, 0.29) is 17.2 Å². The van der Waals surface area contributed by atoms with E-state index in [1.54, 1.807) is 55.2 Å². The highest BCUT2D eigenvalue weighted by Crippen LogP contribution is 2.31. The molecule has 1 aliphatic carbocycles. The lowest BCUT2D eigenvalue weighted by molar-refractivity contribution is -0.127.